The standard InChI is InChI=1S/C17H15Cl2NO2S/c1-11-3-5-13(6-4-11)23(21,22)20-8-7-14-15(10-18)16(19)9-12(2)17(14)20/h3-9H,10H2,1-2H3. The van der Waals surface area contributed by atoms with Gasteiger partial charge in [-0.25, -0.2) is 12.4 Å². The Labute approximate surface area is 145 Å². The zero-order chi connectivity index (χ0) is 16.8. The molecule has 23 heavy (non-hydrogen) atoms. The van der Waals surface area contributed by atoms with Crippen LogP contribution in [0, 0.1) is 13.8 Å². The molecule has 0 amide bonds. The van der Waals surface area contributed by atoms with Crippen LogP contribution in [0.15, 0.2) is 47.5 Å². The molecular weight excluding hydrogens is 353 g/mol. The first kappa shape index (κ1) is 16.4. The fourth-order valence-corrected chi connectivity index (χ4v) is 4.78. The van der Waals surface area contributed by atoms with Crippen LogP contribution in [0.2, 0.25) is 5.02 Å². The van der Waals surface area contributed by atoms with Gasteiger partial charge in [0.2, 0.25) is 0 Å². The van der Waals surface area contributed by atoms with Crippen molar-refractivity contribution in [3.05, 3.63) is 64.3 Å². The fraction of sp³-hybridized carbons (Fsp3) is 0.176. The Morgan fingerprint density at radius 1 is 1.09 bits per heavy atom. The molecule has 1 heterocycles. The molecule has 0 aliphatic rings. The highest BCUT2D eigenvalue weighted by atomic mass is 35.5. The van der Waals surface area contributed by atoms with E-state index in [0.29, 0.717) is 10.5 Å². The van der Waals surface area contributed by atoms with Crippen molar-refractivity contribution in [3.63, 3.8) is 0 Å². The minimum Gasteiger partial charge on any atom is -0.241 e. The van der Waals surface area contributed by atoms with E-state index < -0.39 is 10.0 Å². The molecule has 3 nitrogen and oxygen atoms in total. The predicted molar refractivity (Wildman–Crippen MR) is 95.0 cm³/mol. The Morgan fingerprint density at radius 2 is 1.74 bits per heavy atom. The van der Waals surface area contributed by atoms with Gasteiger partial charge in [0.05, 0.1) is 10.4 Å². The molecule has 2 aromatic carbocycles. The van der Waals surface area contributed by atoms with Gasteiger partial charge < -0.3 is 0 Å². The zero-order valence-corrected chi connectivity index (χ0v) is 15.0. The first-order valence-corrected chi connectivity index (χ1v) is 9.38. The van der Waals surface area contributed by atoms with Gasteiger partial charge in [0.1, 0.15) is 0 Å². The molecule has 3 rings (SSSR count). The van der Waals surface area contributed by atoms with Crippen LogP contribution in [0.1, 0.15) is 16.7 Å². The molecule has 0 saturated heterocycles. The van der Waals surface area contributed by atoms with Crippen LogP contribution in [0.4, 0.5) is 0 Å². The van der Waals surface area contributed by atoms with Crippen LogP contribution in [0.5, 0.6) is 0 Å². The van der Waals surface area contributed by atoms with Crippen LogP contribution < -0.4 is 0 Å². The maximum atomic E-state index is 13.0. The minimum atomic E-state index is -3.67. The van der Waals surface area contributed by atoms with E-state index >= 15 is 0 Å². The number of aromatic nitrogens is 1. The average Bonchev–Trinajstić information content (AvgIpc) is 2.94. The van der Waals surface area contributed by atoms with Crippen molar-refractivity contribution >= 4 is 44.1 Å². The molecule has 0 N–H and O–H groups in total. The normalized spacial score (nSPS) is 12.0. The van der Waals surface area contributed by atoms with Crippen molar-refractivity contribution < 1.29 is 8.42 Å². The third kappa shape index (κ3) is 2.65. The highest BCUT2D eigenvalue weighted by molar-refractivity contribution is 7.90. The summed E-state index contributed by atoms with van der Waals surface area (Å²) in [4.78, 5) is 0.252. The Bertz CT molecular complexity index is 990. The Balaban J connectivity index is 2.31. The van der Waals surface area contributed by atoms with Crippen molar-refractivity contribution in [2.45, 2.75) is 24.6 Å². The monoisotopic (exact) mass is 367 g/mol. The first-order chi connectivity index (χ1) is 10.9. The van der Waals surface area contributed by atoms with Gasteiger partial charge in [0.15, 0.2) is 0 Å². The number of rotatable bonds is 3. The van der Waals surface area contributed by atoms with Crippen molar-refractivity contribution in [2.75, 3.05) is 0 Å². The largest absolute Gasteiger partial charge is 0.268 e. The number of hydrogen-bond acceptors (Lipinski definition) is 2. The Morgan fingerprint density at radius 3 is 2.35 bits per heavy atom. The lowest BCUT2D eigenvalue weighted by Gasteiger charge is -2.11. The SMILES string of the molecule is Cc1ccc(S(=O)(=O)n2ccc3c(CCl)c(Cl)cc(C)c32)cc1. The molecule has 0 radical (unpaired) electrons. The second kappa shape index (κ2) is 5.86. The molecule has 3 aromatic rings. The molecule has 0 aliphatic carbocycles. The molecule has 120 valence electrons. The van der Waals surface area contributed by atoms with Crippen molar-refractivity contribution in [3.8, 4) is 0 Å². The van der Waals surface area contributed by atoms with Gasteiger partial charge in [-0.05, 0) is 49.2 Å². The predicted octanol–water partition coefficient (Wildman–Crippen LogP) is 4.89. The summed E-state index contributed by atoms with van der Waals surface area (Å²) >= 11 is 12.2. The Hall–Kier alpha value is -1.49. The summed E-state index contributed by atoms with van der Waals surface area (Å²) in [5.41, 5.74) is 3.16. The molecule has 0 fully saturated rings. The van der Waals surface area contributed by atoms with Crippen LogP contribution in [0.3, 0.4) is 0 Å². The highest BCUT2D eigenvalue weighted by Crippen LogP contribution is 2.33. The van der Waals surface area contributed by atoms with E-state index in [1.165, 1.54) is 3.97 Å². The summed E-state index contributed by atoms with van der Waals surface area (Å²) in [5.74, 6) is 0.226. The maximum absolute atomic E-state index is 13.0. The van der Waals surface area contributed by atoms with Crippen LogP contribution in [-0.2, 0) is 15.9 Å². The first-order valence-electron chi connectivity index (χ1n) is 7.03. The van der Waals surface area contributed by atoms with E-state index in [9.17, 15) is 8.42 Å². The third-order valence-electron chi connectivity index (χ3n) is 3.89. The summed E-state index contributed by atoms with van der Waals surface area (Å²) in [6, 6.07) is 10.3. The number of hydrogen-bond donors (Lipinski definition) is 0. The van der Waals surface area contributed by atoms with E-state index in [2.05, 4.69) is 0 Å². The average molecular weight is 368 g/mol. The fourth-order valence-electron chi connectivity index (χ4n) is 2.68. The summed E-state index contributed by atoms with van der Waals surface area (Å²) < 4.78 is 27.2. The van der Waals surface area contributed by atoms with Gasteiger partial charge in [-0.15, -0.1) is 11.6 Å². The number of aryl methyl sites for hydroxylation is 2. The lowest BCUT2D eigenvalue weighted by Crippen LogP contribution is -2.12. The third-order valence-corrected chi connectivity index (χ3v) is 6.19. The lowest BCUT2D eigenvalue weighted by molar-refractivity contribution is 0.589. The zero-order valence-electron chi connectivity index (χ0n) is 12.7. The smallest absolute Gasteiger partial charge is 0.241 e. The molecule has 0 atom stereocenters. The molecule has 6 heteroatoms. The minimum absolute atomic E-state index is 0.226. The van der Waals surface area contributed by atoms with Crippen LogP contribution in [-0.4, -0.2) is 12.4 Å². The van der Waals surface area contributed by atoms with Crippen LogP contribution >= 0.6 is 23.2 Å². The highest BCUT2D eigenvalue weighted by Gasteiger charge is 2.21. The molecule has 0 bridgehead atoms. The van der Waals surface area contributed by atoms with E-state index in [4.69, 9.17) is 23.2 Å². The van der Waals surface area contributed by atoms with Gasteiger partial charge in [-0.3, -0.25) is 0 Å². The number of benzene rings is 2. The number of halogens is 2. The summed E-state index contributed by atoms with van der Waals surface area (Å²) in [7, 11) is -3.67. The van der Waals surface area contributed by atoms with E-state index in [-0.39, 0.29) is 10.8 Å². The van der Waals surface area contributed by atoms with E-state index in [1.807, 2.05) is 13.8 Å². The van der Waals surface area contributed by atoms with Gasteiger partial charge in [-0.1, -0.05) is 29.3 Å². The molecule has 0 unspecified atom stereocenters. The van der Waals surface area contributed by atoms with Gasteiger partial charge in [0.25, 0.3) is 10.0 Å². The molecule has 1 aromatic heterocycles. The lowest BCUT2D eigenvalue weighted by atomic mass is 10.1. The van der Waals surface area contributed by atoms with Gasteiger partial charge >= 0.3 is 0 Å². The van der Waals surface area contributed by atoms with Crippen molar-refractivity contribution in [2.24, 2.45) is 0 Å². The number of alkyl halides is 1. The quantitative estimate of drug-likeness (QED) is 0.618. The molecule has 0 spiro atoms. The van der Waals surface area contributed by atoms with Crippen LogP contribution in [0.25, 0.3) is 10.9 Å². The van der Waals surface area contributed by atoms with E-state index in [1.54, 1.807) is 42.6 Å². The van der Waals surface area contributed by atoms with Gasteiger partial charge in [0, 0.05) is 22.5 Å². The molecule has 0 saturated carbocycles. The topological polar surface area (TPSA) is 39.1 Å². The van der Waals surface area contributed by atoms with E-state index in [0.717, 1.165) is 22.1 Å². The number of fused-ring (bicyclic) bond motifs is 1. The number of nitrogens with zero attached hydrogens (tertiary/aromatic N) is 1. The van der Waals surface area contributed by atoms with Crippen molar-refractivity contribution in [1.82, 2.24) is 3.97 Å². The second-order valence-corrected chi connectivity index (χ2v) is 7.97. The summed E-state index contributed by atoms with van der Waals surface area (Å²) in [6.45, 7) is 3.76. The molecular formula is C17H15Cl2NO2S. The maximum Gasteiger partial charge on any atom is 0.268 e. The Kier molecular flexibility index (Phi) is 4.17. The van der Waals surface area contributed by atoms with Crippen molar-refractivity contribution in [1.29, 1.82) is 0 Å². The summed E-state index contributed by atoms with van der Waals surface area (Å²) in [5, 5.41) is 1.32. The second-order valence-electron chi connectivity index (χ2n) is 5.48. The molecule has 0 aliphatic heterocycles. The summed E-state index contributed by atoms with van der Waals surface area (Å²) in [6.07, 6.45) is 1.55. The van der Waals surface area contributed by atoms with Gasteiger partial charge in [-0.2, -0.15) is 0 Å².